The van der Waals surface area contributed by atoms with Crippen molar-refractivity contribution in [3.8, 4) is 5.75 Å². The normalized spacial score (nSPS) is 9.95. The number of carbonyl (C=O) groups excluding carboxylic acids is 2. The van der Waals surface area contributed by atoms with Crippen LogP contribution >= 0.6 is 0 Å². The molecule has 0 aliphatic carbocycles. The lowest BCUT2D eigenvalue weighted by Crippen LogP contribution is -2.29. The van der Waals surface area contributed by atoms with Crippen molar-refractivity contribution >= 4 is 11.8 Å². The molecule has 0 spiro atoms. The van der Waals surface area contributed by atoms with E-state index in [1.807, 2.05) is 0 Å². The van der Waals surface area contributed by atoms with Crippen LogP contribution in [0.3, 0.4) is 0 Å². The van der Waals surface area contributed by atoms with Crippen LogP contribution in [0.1, 0.15) is 26.3 Å². The molecule has 6 heteroatoms. The van der Waals surface area contributed by atoms with Crippen molar-refractivity contribution in [3.63, 3.8) is 0 Å². The smallest absolute Gasteiger partial charge is 0.265 e. The summed E-state index contributed by atoms with van der Waals surface area (Å²) in [6, 6.07) is 13.4. The molecule has 0 atom stereocenters. The first-order valence-corrected chi connectivity index (χ1v) is 6.22. The number of benzene rings is 2. The zero-order valence-electron chi connectivity index (χ0n) is 11.2. The number of hydrogen-bond acceptors (Lipinski definition) is 4. The van der Waals surface area contributed by atoms with E-state index in [1.54, 1.807) is 48.5 Å². The second kappa shape index (κ2) is 6.53. The largest absolute Gasteiger partial charge is 0.489 e. The van der Waals surface area contributed by atoms with Crippen molar-refractivity contribution in [2.24, 2.45) is 11.6 Å². The topological polar surface area (TPSA) is 107 Å². The molecule has 0 fully saturated rings. The van der Waals surface area contributed by atoms with Gasteiger partial charge in [0, 0.05) is 11.1 Å². The van der Waals surface area contributed by atoms with Crippen LogP contribution in [0.5, 0.6) is 5.75 Å². The van der Waals surface area contributed by atoms with Gasteiger partial charge >= 0.3 is 0 Å². The Bertz CT molecular complexity index is 636. The Labute approximate surface area is 121 Å². The van der Waals surface area contributed by atoms with Crippen LogP contribution in [-0.2, 0) is 6.61 Å². The van der Waals surface area contributed by atoms with Crippen molar-refractivity contribution in [1.82, 2.24) is 5.43 Å². The Morgan fingerprint density at radius 1 is 0.952 bits per heavy atom. The number of ether oxygens (including phenoxy) is 1. The SMILES string of the molecule is NNC(=O)c1ccc(COc2ccc(C(N)=O)cc2)cc1. The monoisotopic (exact) mass is 285 g/mol. The van der Waals surface area contributed by atoms with Gasteiger partial charge in [0.1, 0.15) is 12.4 Å². The van der Waals surface area contributed by atoms with Crippen molar-refractivity contribution < 1.29 is 14.3 Å². The summed E-state index contributed by atoms with van der Waals surface area (Å²) in [7, 11) is 0. The van der Waals surface area contributed by atoms with Gasteiger partial charge in [0.25, 0.3) is 5.91 Å². The van der Waals surface area contributed by atoms with E-state index >= 15 is 0 Å². The van der Waals surface area contributed by atoms with Gasteiger partial charge < -0.3 is 10.5 Å². The van der Waals surface area contributed by atoms with E-state index in [1.165, 1.54) is 0 Å². The number of rotatable bonds is 5. The van der Waals surface area contributed by atoms with E-state index < -0.39 is 5.91 Å². The highest BCUT2D eigenvalue weighted by atomic mass is 16.5. The van der Waals surface area contributed by atoms with Crippen LogP contribution in [0.2, 0.25) is 0 Å². The standard InChI is InChI=1S/C15H15N3O3/c16-14(19)11-5-7-13(8-6-11)21-9-10-1-3-12(4-2-10)15(20)18-17/h1-8H,9,17H2,(H2,16,19)(H,18,20). The Hall–Kier alpha value is -2.86. The lowest BCUT2D eigenvalue weighted by Gasteiger charge is -2.07. The predicted octanol–water partition coefficient (Wildman–Crippen LogP) is 0.968. The minimum absolute atomic E-state index is 0.343. The van der Waals surface area contributed by atoms with Crippen LogP contribution in [0.4, 0.5) is 0 Å². The minimum atomic E-state index is -0.477. The van der Waals surface area contributed by atoms with Crippen LogP contribution < -0.4 is 21.7 Å². The van der Waals surface area contributed by atoms with Gasteiger partial charge in [-0.15, -0.1) is 0 Å². The average molecular weight is 285 g/mol. The summed E-state index contributed by atoms with van der Waals surface area (Å²) in [4.78, 5) is 22.2. The number of nitrogens with two attached hydrogens (primary N) is 2. The van der Waals surface area contributed by atoms with E-state index in [4.69, 9.17) is 16.3 Å². The van der Waals surface area contributed by atoms with E-state index in [2.05, 4.69) is 5.43 Å². The molecule has 0 saturated carbocycles. The summed E-state index contributed by atoms with van der Waals surface area (Å²) >= 11 is 0. The maximum absolute atomic E-state index is 11.3. The number of primary amides is 1. The number of amides is 2. The first-order valence-electron chi connectivity index (χ1n) is 6.22. The third-order valence-electron chi connectivity index (χ3n) is 2.89. The van der Waals surface area contributed by atoms with Crippen LogP contribution in [0.25, 0.3) is 0 Å². The Kier molecular flexibility index (Phi) is 4.53. The molecule has 2 amide bonds. The van der Waals surface area contributed by atoms with Crippen molar-refractivity contribution in [2.75, 3.05) is 0 Å². The number of carbonyl (C=O) groups is 2. The summed E-state index contributed by atoms with van der Waals surface area (Å²) in [5, 5.41) is 0. The first kappa shape index (κ1) is 14.5. The summed E-state index contributed by atoms with van der Waals surface area (Å²) in [6.07, 6.45) is 0. The van der Waals surface area contributed by atoms with Crippen LogP contribution in [0, 0.1) is 0 Å². The maximum Gasteiger partial charge on any atom is 0.265 e. The van der Waals surface area contributed by atoms with E-state index in [0.717, 1.165) is 5.56 Å². The molecule has 0 unspecified atom stereocenters. The molecule has 2 aromatic rings. The summed E-state index contributed by atoms with van der Waals surface area (Å²) in [5.74, 6) is 4.86. The molecule has 21 heavy (non-hydrogen) atoms. The van der Waals surface area contributed by atoms with Crippen LogP contribution in [-0.4, -0.2) is 11.8 Å². The highest BCUT2D eigenvalue weighted by molar-refractivity contribution is 5.93. The summed E-state index contributed by atoms with van der Waals surface area (Å²) in [5.41, 5.74) is 9.04. The number of hydrazine groups is 1. The second-order valence-corrected chi connectivity index (χ2v) is 4.35. The molecule has 0 saturated heterocycles. The first-order chi connectivity index (χ1) is 10.1. The van der Waals surface area contributed by atoms with Crippen LogP contribution in [0.15, 0.2) is 48.5 Å². The maximum atomic E-state index is 11.3. The molecule has 0 aliphatic rings. The molecular weight excluding hydrogens is 270 g/mol. The minimum Gasteiger partial charge on any atom is -0.489 e. The van der Waals surface area contributed by atoms with Gasteiger partial charge in [-0.1, -0.05) is 12.1 Å². The van der Waals surface area contributed by atoms with Gasteiger partial charge in [-0.2, -0.15) is 0 Å². The number of nitrogens with one attached hydrogen (secondary N) is 1. The fraction of sp³-hybridized carbons (Fsp3) is 0.0667. The Balaban J connectivity index is 1.96. The lowest BCUT2D eigenvalue weighted by molar-refractivity contribution is 0.0952. The zero-order valence-corrected chi connectivity index (χ0v) is 11.2. The second-order valence-electron chi connectivity index (χ2n) is 4.35. The van der Waals surface area contributed by atoms with E-state index in [9.17, 15) is 9.59 Å². The quantitative estimate of drug-likeness (QED) is 0.432. The third-order valence-corrected chi connectivity index (χ3v) is 2.89. The van der Waals surface area contributed by atoms with Crippen molar-refractivity contribution in [2.45, 2.75) is 6.61 Å². The molecular formula is C15H15N3O3. The lowest BCUT2D eigenvalue weighted by atomic mass is 10.1. The van der Waals surface area contributed by atoms with Gasteiger partial charge in [0.15, 0.2) is 0 Å². The zero-order chi connectivity index (χ0) is 15.2. The highest BCUT2D eigenvalue weighted by Gasteiger charge is 2.04. The molecule has 5 N–H and O–H groups in total. The average Bonchev–Trinajstić information content (AvgIpc) is 2.53. The van der Waals surface area contributed by atoms with Gasteiger partial charge in [0.05, 0.1) is 0 Å². The highest BCUT2D eigenvalue weighted by Crippen LogP contribution is 2.14. The Morgan fingerprint density at radius 3 is 2.05 bits per heavy atom. The molecule has 0 aliphatic heterocycles. The van der Waals surface area contributed by atoms with E-state index in [-0.39, 0.29) is 5.91 Å². The fourth-order valence-electron chi connectivity index (χ4n) is 1.72. The molecule has 2 aromatic carbocycles. The summed E-state index contributed by atoms with van der Waals surface area (Å²) < 4.78 is 5.58. The van der Waals surface area contributed by atoms with E-state index in [0.29, 0.717) is 23.5 Å². The summed E-state index contributed by atoms with van der Waals surface area (Å²) in [6.45, 7) is 0.348. The third kappa shape index (κ3) is 3.80. The van der Waals surface area contributed by atoms with Gasteiger partial charge in [-0.3, -0.25) is 15.0 Å². The number of nitrogen functional groups attached to an aromatic ring is 1. The molecule has 0 aromatic heterocycles. The fourth-order valence-corrected chi connectivity index (χ4v) is 1.72. The predicted molar refractivity (Wildman–Crippen MR) is 77.4 cm³/mol. The van der Waals surface area contributed by atoms with Crippen molar-refractivity contribution in [3.05, 3.63) is 65.2 Å². The molecule has 2 rings (SSSR count). The molecule has 0 radical (unpaired) electrons. The molecule has 108 valence electrons. The van der Waals surface area contributed by atoms with Gasteiger partial charge in [-0.25, -0.2) is 5.84 Å². The molecule has 0 heterocycles. The Morgan fingerprint density at radius 2 is 1.52 bits per heavy atom. The van der Waals surface area contributed by atoms with Gasteiger partial charge in [-0.05, 0) is 42.0 Å². The molecule has 0 bridgehead atoms. The van der Waals surface area contributed by atoms with Gasteiger partial charge in [0.2, 0.25) is 5.91 Å². The molecule has 6 nitrogen and oxygen atoms in total. The number of hydrogen-bond donors (Lipinski definition) is 3. The van der Waals surface area contributed by atoms with Crippen molar-refractivity contribution in [1.29, 1.82) is 0 Å².